The van der Waals surface area contributed by atoms with E-state index in [1.807, 2.05) is 30.3 Å². The topological polar surface area (TPSA) is 151 Å². The molecule has 0 amide bonds. The second kappa shape index (κ2) is 8.31. The van der Waals surface area contributed by atoms with E-state index in [1.54, 1.807) is 17.6 Å². The summed E-state index contributed by atoms with van der Waals surface area (Å²) in [4.78, 5) is 54.9. The third kappa shape index (κ3) is 3.57. The highest BCUT2D eigenvalue weighted by molar-refractivity contribution is 5.89. The molecule has 35 heavy (non-hydrogen) atoms. The van der Waals surface area contributed by atoms with E-state index < -0.39 is 29.6 Å². The summed E-state index contributed by atoms with van der Waals surface area (Å²) < 4.78 is 12.5. The monoisotopic (exact) mass is 477 g/mol. The van der Waals surface area contributed by atoms with Gasteiger partial charge in [0.05, 0.1) is 29.0 Å². The van der Waals surface area contributed by atoms with Gasteiger partial charge in [-0.1, -0.05) is 25.1 Å². The maximum Gasteiger partial charge on any atom is 0.355 e. The van der Waals surface area contributed by atoms with Gasteiger partial charge >= 0.3 is 17.9 Å². The van der Waals surface area contributed by atoms with Crippen LogP contribution in [0.2, 0.25) is 0 Å². The lowest BCUT2D eigenvalue weighted by atomic mass is 9.85. The Morgan fingerprint density at radius 3 is 2.80 bits per heavy atom. The van der Waals surface area contributed by atoms with Crippen molar-refractivity contribution in [3.63, 3.8) is 0 Å². The lowest BCUT2D eigenvalue weighted by Crippen LogP contribution is -2.49. The van der Waals surface area contributed by atoms with Crippen LogP contribution in [0.15, 0.2) is 41.2 Å². The summed E-state index contributed by atoms with van der Waals surface area (Å²) in [5, 5.41) is 9.82. The molecular weight excluding hydrogens is 454 g/mol. The Hall–Kier alpha value is -4.05. The zero-order valence-electron chi connectivity index (χ0n) is 18.9. The minimum Gasteiger partial charge on any atom is -0.481 e. The largest absolute Gasteiger partial charge is 0.481 e. The van der Waals surface area contributed by atoms with Crippen molar-refractivity contribution in [2.45, 2.75) is 51.0 Å². The van der Waals surface area contributed by atoms with Crippen LogP contribution in [0.4, 0.5) is 0 Å². The van der Waals surface area contributed by atoms with Gasteiger partial charge in [0.2, 0.25) is 5.60 Å². The van der Waals surface area contributed by atoms with Crippen LogP contribution in [0.1, 0.15) is 42.9 Å². The first-order chi connectivity index (χ1) is 16.7. The van der Waals surface area contributed by atoms with Crippen LogP contribution in [0.3, 0.4) is 0 Å². The number of hydrogen-bond acceptors (Lipinski definition) is 8. The first-order valence-corrected chi connectivity index (χ1v) is 11.3. The van der Waals surface area contributed by atoms with Gasteiger partial charge in [0.25, 0.3) is 5.56 Å². The standard InChI is InChI=1S/C25H23N3O7/c1-2-25(35-23(32)17(26)7-8-20(29)30)16-10-19-21-14(9-13-5-3-4-6-18(13)27-21)11-28(19)22(31)15(16)12-34-24(25)33/h3-6,9-10,17H,2,7-8,11-12,26H2,1H3,(H,29,30)/t17?,25-/m0/s1. The molecule has 2 aliphatic heterocycles. The van der Waals surface area contributed by atoms with Gasteiger partial charge in [0.15, 0.2) is 0 Å². The number of aromatic nitrogens is 2. The molecule has 10 heteroatoms. The van der Waals surface area contributed by atoms with Crippen molar-refractivity contribution >= 4 is 28.8 Å². The second-order valence-corrected chi connectivity index (χ2v) is 8.72. The number of ether oxygens (including phenoxy) is 2. The highest BCUT2D eigenvalue weighted by atomic mass is 16.6. The molecule has 0 bridgehead atoms. The van der Waals surface area contributed by atoms with Gasteiger partial charge in [0, 0.05) is 22.9 Å². The summed E-state index contributed by atoms with van der Waals surface area (Å²) in [6.07, 6.45) is -0.494. The van der Waals surface area contributed by atoms with Crippen molar-refractivity contribution in [1.29, 1.82) is 0 Å². The van der Waals surface area contributed by atoms with E-state index in [1.165, 1.54) is 0 Å². The lowest BCUT2D eigenvalue weighted by molar-refractivity contribution is -0.190. The molecule has 3 aromatic rings. The molecule has 2 atom stereocenters. The molecular formula is C25H23N3O7. The van der Waals surface area contributed by atoms with Crippen molar-refractivity contribution in [3.05, 3.63) is 63.4 Å². The number of benzene rings is 1. The van der Waals surface area contributed by atoms with E-state index in [4.69, 9.17) is 25.3 Å². The third-order valence-electron chi connectivity index (χ3n) is 6.63. The van der Waals surface area contributed by atoms with Gasteiger partial charge in [-0.3, -0.25) is 14.4 Å². The first kappa shape index (κ1) is 22.7. The molecule has 10 nitrogen and oxygen atoms in total. The van der Waals surface area contributed by atoms with Crippen molar-refractivity contribution in [3.8, 4) is 11.4 Å². The van der Waals surface area contributed by atoms with E-state index in [0.29, 0.717) is 17.9 Å². The van der Waals surface area contributed by atoms with Gasteiger partial charge in [-0.05, 0) is 31.0 Å². The number of cyclic esters (lactones) is 1. The molecule has 1 aromatic carbocycles. The fraction of sp³-hybridized carbons (Fsp3) is 0.320. The van der Waals surface area contributed by atoms with Gasteiger partial charge in [-0.15, -0.1) is 0 Å². The van der Waals surface area contributed by atoms with Gasteiger partial charge in [-0.2, -0.15) is 0 Å². The van der Waals surface area contributed by atoms with Crippen molar-refractivity contribution in [1.82, 2.24) is 9.55 Å². The average Bonchev–Trinajstić information content (AvgIpc) is 3.20. The van der Waals surface area contributed by atoms with E-state index in [0.717, 1.165) is 16.5 Å². The molecule has 0 aliphatic carbocycles. The van der Waals surface area contributed by atoms with Crippen LogP contribution in [0, 0.1) is 0 Å². The smallest absolute Gasteiger partial charge is 0.355 e. The fourth-order valence-corrected chi connectivity index (χ4v) is 4.73. The van der Waals surface area contributed by atoms with Crippen LogP contribution in [-0.2, 0) is 42.6 Å². The predicted octanol–water partition coefficient (Wildman–Crippen LogP) is 1.82. The maximum atomic E-state index is 13.5. The number of aliphatic carboxylic acids is 1. The van der Waals surface area contributed by atoms with Gasteiger partial charge in [-0.25, -0.2) is 9.78 Å². The Bertz CT molecular complexity index is 1460. The van der Waals surface area contributed by atoms with Crippen molar-refractivity contribution in [2.24, 2.45) is 5.73 Å². The molecule has 3 N–H and O–H groups in total. The summed E-state index contributed by atoms with van der Waals surface area (Å²) >= 11 is 0. The minimum atomic E-state index is -1.88. The zero-order valence-corrected chi connectivity index (χ0v) is 18.9. The molecule has 5 rings (SSSR count). The van der Waals surface area contributed by atoms with Crippen molar-refractivity contribution < 1.29 is 29.0 Å². The third-order valence-corrected chi connectivity index (χ3v) is 6.63. The summed E-state index contributed by atoms with van der Waals surface area (Å²) in [6, 6.07) is 10.0. The number of rotatable bonds is 6. The number of fused-ring (bicyclic) bond motifs is 5. The van der Waals surface area contributed by atoms with Crippen LogP contribution >= 0.6 is 0 Å². The number of pyridine rings is 2. The number of hydrogen-bond donors (Lipinski definition) is 2. The Labute approximate surface area is 199 Å². The predicted molar refractivity (Wildman–Crippen MR) is 123 cm³/mol. The number of carbonyl (C=O) groups is 3. The SMILES string of the molecule is CC[C@@]1(OC(=O)C(N)CCC(=O)O)C(=O)OCc2c1cc1n(c2=O)Cc2cc3ccccc3nc2-1. The Morgan fingerprint density at radius 1 is 1.29 bits per heavy atom. The van der Waals surface area contributed by atoms with Gasteiger partial charge in [0.1, 0.15) is 12.6 Å². The summed E-state index contributed by atoms with van der Waals surface area (Å²) in [7, 11) is 0. The number of esters is 2. The summed E-state index contributed by atoms with van der Waals surface area (Å²) in [5.74, 6) is -2.86. The van der Waals surface area contributed by atoms with Crippen molar-refractivity contribution in [2.75, 3.05) is 0 Å². The molecule has 4 heterocycles. The maximum absolute atomic E-state index is 13.5. The molecule has 1 unspecified atom stereocenters. The minimum absolute atomic E-state index is 0.00285. The molecule has 2 aliphatic rings. The Kier molecular flexibility index (Phi) is 5.40. The number of nitrogens with zero attached hydrogens (tertiary/aromatic N) is 2. The normalized spacial score (nSPS) is 18.9. The van der Waals surface area contributed by atoms with Crippen LogP contribution < -0.4 is 11.3 Å². The molecule has 0 fully saturated rings. The van der Waals surface area contributed by atoms with Crippen LogP contribution in [0.5, 0.6) is 0 Å². The Balaban J connectivity index is 1.62. The molecule has 0 spiro atoms. The quantitative estimate of drug-likeness (QED) is 0.396. The molecule has 0 saturated carbocycles. The highest BCUT2D eigenvalue weighted by Gasteiger charge is 2.51. The van der Waals surface area contributed by atoms with E-state index in [9.17, 15) is 19.2 Å². The molecule has 180 valence electrons. The van der Waals surface area contributed by atoms with Gasteiger partial charge < -0.3 is 24.9 Å². The summed E-state index contributed by atoms with van der Waals surface area (Å²) in [5.41, 5.74) is 6.85. The fourth-order valence-electron chi connectivity index (χ4n) is 4.73. The van der Waals surface area contributed by atoms with Crippen LogP contribution in [0.25, 0.3) is 22.3 Å². The number of nitrogens with two attached hydrogens (primary N) is 1. The number of carboxylic acid groups (broad SMARTS) is 1. The Morgan fingerprint density at radius 2 is 2.06 bits per heavy atom. The van der Waals surface area contributed by atoms with E-state index in [2.05, 4.69) is 0 Å². The van der Waals surface area contributed by atoms with Crippen LogP contribution in [-0.4, -0.2) is 38.6 Å². The lowest BCUT2D eigenvalue weighted by Gasteiger charge is -2.36. The van der Waals surface area contributed by atoms with E-state index in [-0.39, 0.29) is 42.6 Å². The second-order valence-electron chi connectivity index (χ2n) is 8.72. The first-order valence-electron chi connectivity index (χ1n) is 11.3. The molecule has 0 radical (unpaired) electrons. The summed E-state index contributed by atoms with van der Waals surface area (Å²) in [6.45, 7) is 1.71. The molecule has 0 saturated heterocycles. The highest BCUT2D eigenvalue weighted by Crippen LogP contribution is 2.41. The zero-order chi connectivity index (χ0) is 24.9. The number of carboxylic acids is 1. The molecule has 2 aromatic heterocycles. The average molecular weight is 477 g/mol. The number of carbonyl (C=O) groups excluding carboxylic acids is 2. The van der Waals surface area contributed by atoms with E-state index >= 15 is 0 Å². The number of para-hydroxylation sites is 1.